The van der Waals surface area contributed by atoms with Crippen molar-refractivity contribution >= 4 is 47.2 Å². The van der Waals surface area contributed by atoms with E-state index in [1.165, 1.54) is 12.1 Å². The number of methoxy groups -OCH3 is 1. The highest BCUT2D eigenvalue weighted by Crippen LogP contribution is 2.18. The van der Waals surface area contributed by atoms with E-state index in [0.29, 0.717) is 23.9 Å². The Morgan fingerprint density at radius 1 is 1.26 bits per heavy atom. The maximum atomic E-state index is 12.9. The number of benzene rings is 2. The van der Waals surface area contributed by atoms with Crippen molar-refractivity contribution in [2.24, 2.45) is 10.7 Å². The van der Waals surface area contributed by atoms with Crippen LogP contribution < -0.4 is 15.8 Å². The van der Waals surface area contributed by atoms with Gasteiger partial charge in [0.2, 0.25) is 0 Å². The second kappa shape index (κ2) is 9.57. The van der Waals surface area contributed by atoms with E-state index in [4.69, 9.17) is 22.1 Å². The second-order valence-electron chi connectivity index (χ2n) is 4.61. The van der Waals surface area contributed by atoms with Gasteiger partial charge in [-0.1, -0.05) is 17.7 Å². The van der Waals surface area contributed by atoms with Gasteiger partial charge < -0.3 is 15.8 Å². The van der Waals surface area contributed by atoms with E-state index in [1.807, 2.05) is 24.3 Å². The summed E-state index contributed by atoms with van der Waals surface area (Å²) in [5, 5.41) is 3.38. The third-order valence-corrected chi connectivity index (χ3v) is 3.39. The molecule has 0 aromatic heterocycles. The molecule has 2 aromatic rings. The maximum Gasteiger partial charge on any atom is 0.193 e. The molecule has 2 aromatic carbocycles. The first-order valence-corrected chi connectivity index (χ1v) is 7.11. The number of halogens is 3. The monoisotopic (exact) mass is 449 g/mol. The molecular formula is C16H18ClFIN3O. The van der Waals surface area contributed by atoms with Gasteiger partial charge in [-0.05, 0) is 48.4 Å². The van der Waals surface area contributed by atoms with Crippen LogP contribution in [0.3, 0.4) is 0 Å². The predicted octanol–water partition coefficient (Wildman–Crippen LogP) is 4.08. The van der Waals surface area contributed by atoms with Gasteiger partial charge in [-0.15, -0.1) is 24.0 Å². The van der Waals surface area contributed by atoms with Crippen molar-refractivity contribution in [2.75, 3.05) is 19.0 Å². The smallest absolute Gasteiger partial charge is 0.193 e. The first-order chi connectivity index (χ1) is 10.6. The molecule has 0 aliphatic heterocycles. The zero-order valence-electron chi connectivity index (χ0n) is 12.6. The molecule has 0 fully saturated rings. The first kappa shape index (κ1) is 19.5. The number of anilines is 1. The van der Waals surface area contributed by atoms with Crippen LogP contribution in [0.25, 0.3) is 0 Å². The lowest BCUT2D eigenvalue weighted by Gasteiger charge is -2.07. The Labute approximate surface area is 156 Å². The maximum absolute atomic E-state index is 12.9. The fourth-order valence-corrected chi connectivity index (χ4v) is 2.14. The van der Waals surface area contributed by atoms with E-state index in [0.717, 1.165) is 17.0 Å². The minimum Gasteiger partial charge on any atom is -0.497 e. The number of nitrogens with zero attached hydrogens (tertiary/aromatic N) is 1. The van der Waals surface area contributed by atoms with Gasteiger partial charge in [0, 0.05) is 17.3 Å². The molecule has 0 spiro atoms. The number of aliphatic imine (C=N–C) groups is 1. The van der Waals surface area contributed by atoms with E-state index < -0.39 is 0 Å². The van der Waals surface area contributed by atoms with Gasteiger partial charge in [0.05, 0.1) is 7.11 Å². The lowest BCUT2D eigenvalue weighted by atomic mass is 10.1. The SMILES string of the molecule is COc1ccc(NC(N)=NCCc2ccc(F)cc2Cl)cc1.I. The van der Waals surface area contributed by atoms with E-state index in [-0.39, 0.29) is 29.8 Å². The molecule has 7 heteroatoms. The lowest BCUT2D eigenvalue weighted by molar-refractivity contribution is 0.415. The summed E-state index contributed by atoms with van der Waals surface area (Å²) in [5.41, 5.74) is 7.48. The van der Waals surface area contributed by atoms with Crippen LogP contribution in [0.2, 0.25) is 5.02 Å². The molecular weight excluding hydrogens is 432 g/mol. The molecule has 2 rings (SSSR count). The Balaban J connectivity index is 0.00000264. The van der Waals surface area contributed by atoms with Crippen molar-refractivity contribution in [3.05, 3.63) is 58.9 Å². The average molecular weight is 450 g/mol. The molecule has 3 N–H and O–H groups in total. The first-order valence-electron chi connectivity index (χ1n) is 6.73. The zero-order valence-corrected chi connectivity index (χ0v) is 15.6. The van der Waals surface area contributed by atoms with E-state index >= 15 is 0 Å². The van der Waals surface area contributed by atoms with Crippen LogP contribution in [-0.4, -0.2) is 19.6 Å². The summed E-state index contributed by atoms with van der Waals surface area (Å²) in [4.78, 5) is 4.22. The summed E-state index contributed by atoms with van der Waals surface area (Å²) in [7, 11) is 1.61. The Bertz CT molecular complexity index is 665. The van der Waals surface area contributed by atoms with E-state index in [2.05, 4.69) is 10.3 Å². The van der Waals surface area contributed by atoms with Crippen LogP contribution in [0.15, 0.2) is 47.5 Å². The summed E-state index contributed by atoms with van der Waals surface area (Å²) < 4.78 is 18.0. The molecule has 0 heterocycles. The van der Waals surface area contributed by atoms with E-state index in [9.17, 15) is 4.39 Å². The van der Waals surface area contributed by atoms with Gasteiger partial charge in [0.1, 0.15) is 11.6 Å². The normalized spacial score (nSPS) is 10.8. The number of rotatable bonds is 5. The topological polar surface area (TPSA) is 59.6 Å². The van der Waals surface area contributed by atoms with Crippen molar-refractivity contribution in [3.63, 3.8) is 0 Å². The molecule has 124 valence electrons. The fourth-order valence-electron chi connectivity index (χ4n) is 1.88. The fraction of sp³-hybridized carbons (Fsp3) is 0.188. The molecule has 0 unspecified atom stereocenters. The van der Waals surface area contributed by atoms with Crippen LogP contribution in [-0.2, 0) is 6.42 Å². The van der Waals surface area contributed by atoms with Crippen molar-refractivity contribution in [2.45, 2.75) is 6.42 Å². The van der Waals surface area contributed by atoms with Crippen molar-refractivity contribution in [1.29, 1.82) is 0 Å². The van der Waals surface area contributed by atoms with Gasteiger partial charge in [-0.3, -0.25) is 4.99 Å². The molecule has 23 heavy (non-hydrogen) atoms. The lowest BCUT2D eigenvalue weighted by Crippen LogP contribution is -2.23. The van der Waals surface area contributed by atoms with Crippen molar-refractivity contribution < 1.29 is 9.13 Å². The number of ether oxygens (including phenoxy) is 1. The highest BCUT2D eigenvalue weighted by Gasteiger charge is 2.02. The summed E-state index contributed by atoms with van der Waals surface area (Å²) in [5.74, 6) is 0.730. The summed E-state index contributed by atoms with van der Waals surface area (Å²) in [6.45, 7) is 0.459. The summed E-state index contributed by atoms with van der Waals surface area (Å²) >= 11 is 5.96. The summed E-state index contributed by atoms with van der Waals surface area (Å²) in [6, 6.07) is 11.7. The summed E-state index contributed by atoms with van der Waals surface area (Å²) in [6.07, 6.45) is 0.587. The number of guanidine groups is 1. The van der Waals surface area contributed by atoms with Crippen molar-refractivity contribution in [3.8, 4) is 5.75 Å². The third-order valence-electron chi connectivity index (χ3n) is 3.04. The van der Waals surface area contributed by atoms with E-state index in [1.54, 1.807) is 13.2 Å². The highest BCUT2D eigenvalue weighted by molar-refractivity contribution is 14.0. The molecule has 0 aliphatic carbocycles. The number of nitrogens with one attached hydrogen (secondary N) is 1. The zero-order chi connectivity index (χ0) is 15.9. The Kier molecular flexibility index (Phi) is 8.11. The third kappa shape index (κ3) is 6.23. The Morgan fingerprint density at radius 2 is 1.96 bits per heavy atom. The van der Waals surface area contributed by atoms with Crippen LogP contribution in [0, 0.1) is 5.82 Å². The average Bonchev–Trinajstić information content (AvgIpc) is 2.50. The predicted molar refractivity (Wildman–Crippen MR) is 104 cm³/mol. The standard InChI is InChI=1S/C16H17ClFN3O.HI/c1-22-14-6-4-13(5-7-14)21-16(19)20-9-8-11-2-3-12(18)10-15(11)17;/h2-7,10H,8-9H2,1H3,(H3,19,20,21);1H. The van der Waals surface area contributed by atoms with Crippen molar-refractivity contribution in [1.82, 2.24) is 0 Å². The molecule has 0 saturated heterocycles. The molecule has 0 atom stereocenters. The van der Waals surface area contributed by atoms with Crippen LogP contribution >= 0.6 is 35.6 Å². The molecule has 0 saturated carbocycles. The van der Waals surface area contributed by atoms with Crippen LogP contribution in [0.1, 0.15) is 5.56 Å². The van der Waals surface area contributed by atoms with Gasteiger partial charge >= 0.3 is 0 Å². The molecule has 0 bridgehead atoms. The number of hydrogen-bond donors (Lipinski definition) is 2. The van der Waals surface area contributed by atoms with Gasteiger partial charge in [-0.2, -0.15) is 0 Å². The molecule has 0 amide bonds. The van der Waals surface area contributed by atoms with Gasteiger partial charge in [-0.25, -0.2) is 4.39 Å². The minimum atomic E-state index is -0.349. The quantitative estimate of drug-likeness (QED) is 0.411. The number of nitrogens with two attached hydrogens (primary N) is 1. The largest absolute Gasteiger partial charge is 0.497 e. The molecule has 4 nitrogen and oxygen atoms in total. The highest BCUT2D eigenvalue weighted by atomic mass is 127. The minimum absolute atomic E-state index is 0. The van der Waals surface area contributed by atoms with Gasteiger partial charge in [0.15, 0.2) is 5.96 Å². The molecule has 0 radical (unpaired) electrons. The number of hydrogen-bond acceptors (Lipinski definition) is 2. The van der Waals surface area contributed by atoms with Gasteiger partial charge in [0.25, 0.3) is 0 Å². The Morgan fingerprint density at radius 3 is 2.57 bits per heavy atom. The van der Waals surface area contributed by atoms with Crippen LogP contribution in [0.5, 0.6) is 5.75 Å². The second-order valence-corrected chi connectivity index (χ2v) is 5.01. The Hall–Kier alpha value is -1.54. The van der Waals surface area contributed by atoms with Crippen LogP contribution in [0.4, 0.5) is 10.1 Å². The molecule has 0 aliphatic rings.